The average molecular weight is 516 g/mol. The molecular weight excluding hydrogens is 483 g/mol. The predicted molar refractivity (Wildman–Crippen MR) is 133 cm³/mol. The van der Waals surface area contributed by atoms with Gasteiger partial charge in [0.05, 0.1) is 11.4 Å². The highest BCUT2D eigenvalue weighted by Gasteiger charge is 2.48. The van der Waals surface area contributed by atoms with Crippen molar-refractivity contribution < 1.29 is 27.8 Å². The van der Waals surface area contributed by atoms with Crippen molar-refractivity contribution in [1.82, 2.24) is 14.8 Å². The Kier molecular flexibility index (Phi) is 7.29. The standard InChI is InChI=1S/C28H32F3N3O3/c1-37-13-3-12-33-16-18(26-23(30)4-2-5-25(26)33)17-34(20-7-8-20)27(35)21-15-32-11-10-28(21,36)19-6-9-22(29)24(31)14-19/h2,4-6,9,14,16,20-21,32,36H,3,7-8,10-13,15,17H2,1H3/t21-,28+/m1/s1. The number of piperidine rings is 1. The zero-order valence-corrected chi connectivity index (χ0v) is 20.9. The van der Waals surface area contributed by atoms with Crippen LogP contribution in [0.15, 0.2) is 42.6 Å². The van der Waals surface area contributed by atoms with Gasteiger partial charge in [0, 0.05) is 51.0 Å². The maximum atomic E-state index is 15.0. The molecule has 2 N–H and O–H groups in total. The quantitative estimate of drug-likeness (QED) is 0.422. The monoisotopic (exact) mass is 515 g/mol. The molecule has 2 heterocycles. The lowest BCUT2D eigenvalue weighted by Crippen LogP contribution is -2.55. The van der Waals surface area contributed by atoms with Gasteiger partial charge in [-0.1, -0.05) is 12.1 Å². The summed E-state index contributed by atoms with van der Waals surface area (Å²) in [5.74, 6) is -3.59. The van der Waals surface area contributed by atoms with Crippen LogP contribution in [0.3, 0.4) is 0 Å². The van der Waals surface area contributed by atoms with Gasteiger partial charge in [0.2, 0.25) is 5.91 Å². The van der Waals surface area contributed by atoms with Gasteiger partial charge in [-0.05, 0) is 67.6 Å². The molecule has 1 saturated carbocycles. The summed E-state index contributed by atoms with van der Waals surface area (Å²) in [6.45, 7) is 2.05. The van der Waals surface area contributed by atoms with Crippen LogP contribution >= 0.6 is 0 Å². The van der Waals surface area contributed by atoms with Crippen LogP contribution in [0.25, 0.3) is 10.9 Å². The van der Waals surface area contributed by atoms with Gasteiger partial charge in [0.15, 0.2) is 11.6 Å². The molecule has 2 aliphatic rings. The number of amides is 1. The summed E-state index contributed by atoms with van der Waals surface area (Å²) in [5, 5.41) is 15.3. The Morgan fingerprint density at radius 1 is 1.19 bits per heavy atom. The van der Waals surface area contributed by atoms with Gasteiger partial charge in [-0.25, -0.2) is 13.2 Å². The van der Waals surface area contributed by atoms with E-state index < -0.39 is 23.2 Å². The zero-order chi connectivity index (χ0) is 26.2. The number of nitrogens with zero attached hydrogens (tertiary/aromatic N) is 2. The molecule has 1 saturated heterocycles. The molecule has 0 unspecified atom stereocenters. The molecule has 5 rings (SSSR count). The molecule has 2 aromatic carbocycles. The van der Waals surface area contributed by atoms with Crippen LogP contribution in [0.1, 0.15) is 36.8 Å². The topological polar surface area (TPSA) is 66.7 Å². The lowest BCUT2D eigenvalue weighted by atomic mass is 9.75. The molecule has 198 valence electrons. The number of aliphatic hydroxyl groups is 1. The van der Waals surface area contributed by atoms with Crippen LogP contribution < -0.4 is 5.32 Å². The number of methoxy groups -OCH3 is 1. The van der Waals surface area contributed by atoms with Crippen molar-refractivity contribution in [2.75, 3.05) is 26.8 Å². The first-order chi connectivity index (χ1) is 17.8. The molecule has 37 heavy (non-hydrogen) atoms. The number of ether oxygens (including phenoxy) is 1. The SMILES string of the molecule is COCCCn1cc(CN(C(=O)[C@H]2CNCC[C@]2(O)c2ccc(F)c(F)c2)C2CC2)c2c(F)cccc21. The molecule has 1 aromatic heterocycles. The lowest BCUT2D eigenvalue weighted by molar-refractivity contribution is -0.150. The molecule has 1 amide bonds. The van der Waals surface area contributed by atoms with E-state index in [1.807, 2.05) is 16.8 Å². The van der Waals surface area contributed by atoms with E-state index in [0.717, 1.165) is 36.9 Å². The van der Waals surface area contributed by atoms with Gasteiger partial charge in [-0.15, -0.1) is 0 Å². The summed E-state index contributed by atoms with van der Waals surface area (Å²) >= 11 is 0. The first kappa shape index (κ1) is 25.8. The Morgan fingerprint density at radius 2 is 2.00 bits per heavy atom. The van der Waals surface area contributed by atoms with Gasteiger partial charge in [-0.3, -0.25) is 4.79 Å². The molecule has 2 atom stereocenters. The maximum absolute atomic E-state index is 15.0. The first-order valence-electron chi connectivity index (χ1n) is 12.8. The van der Waals surface area contributed by atoms with E-state index in [-0.39, 0.29) is 42.8 Å². The Bertz CT molecular complexity index is 1290. The fraction of sp³-hybridized carbons (Fsp3) is 0.464. The molecule has 1 aliphatic carbocycles. The zero-order valence-electron chi connectivity index (χ0n) is 20.9. The summed E-state index contributed by atoms with van der Waals surface area (Å²) in [6, 6.07) is 8.24. The number of carbonyl (C=O) groups is 1. The Labute approximate surface area is 214 Å². The van der Waals surface area contributed by atoms with Gasteiger partial charge >= 0.3 is 0 Å². The third kappa shape index (κ3) is 5.00. The molecule has 6 nitrogen and oxygen atoms in total. The number of aromatic nitrogens is 1. The smallest absolute Gasteiger partial charge is 0.230 e. The normalized spacial score (nSPS) is 21.9. The third-order valence-corrected chi connectivity index (χ3v) is 7.62. The van der Waals surface area contributed by atoms with E-state index in [4.69, 9.17) is 4.74 Å². The largest absolute Gasteiger partial charge is 0.385 e. The Balaban J connectivity index is 1.47. The van der Waals surface area contributed by atoms with Gasteiger partial charge in [-0.2, -0.15) is 0 Å². The highest BCUT2D eigenvalue weighted by molar-refractivity contribution is 5.86. The highest BCUT2D eigenvalue weighted by Crippen LogP contribution is 2.40. The second-order valence-corrected chi connectivity index (χ2v) is 10.1. The number of fused-ring (bicyclic) bond motifs is 1. The maximum Gasteiger partial charge on any atom is 0.230 e. The fourth-order valence-electron chi connectivity index (χ4n) is 5.50. The second-order valence-electron chi connectivity index (χ2n) is 10.1. The summed E-state index contributed by atoms with van der Waals surface area (Å²) < 4.78 is 49.9. The minimum atomic E-state index is -1.65. The summed E-state index contributed by atoms with van der Waals surface area (Å²) in [5.41, 5.74) is -0.00993. The van der Waals surface area contributed by atoms with Crippen molar-refractivity contribution in [1.29, 1.82) is 0 Å². The number of hydrogen-bond donors (Lipinski definition) is 2. The Hall–Kier alpha value is -2.88. The molecule has 0 spiro atoms. The van der Waals surface area contributed by atoms with Gasteiger partial charge in [0.1, 0.15) is 11.4 Å². The van der Waals surface area contributed by atoms with E-state index in [1.165, 1.54) is 12.1 Å². The van der Waals surface area contributed by atoms with Crippen molar-refractivity contribution in [3.05, 3.63) is 71.2 Å². The number of carbonyl (C=O) groups excluding carboxylic acids is 1. The van der Waals surface area contributed by atoms with Crippen molar-refractivity contribution in [2.45, 2.75) is 50.4 Å². The molecular formula is C28H32F3N3O3. The third-order valence-electron chi connectivity index (χ3n) is 7.62. The number of rotatable bonds is 9. The minimum Gasteiger partial charge on any atom is -0.385 e. The van der Waals surface area contributed by atoms with E-state index >= 15 is 4.39 Å². The highest BCUT2D eigenvalue weighted by atomic mass is 19.2. The predicted octanol–water partition coefficient (Wildman–Crippen LogP) is 4.08. The number of nitrogens with one attached hydrogen (secondary N) is 1. The van der Waals surface area contributed by atoms with E-state index in [9.17, 15) is 18.7 Å². The summed E-state index contributed by atoms with van der Waals surface area (Å²) in [6.07, 6.45) is 4.48. The average Bonchev–Trinajstić information content (AvgIpc) is 3.66. The minimum absolute atomic E-state index is 0.0118. The molecule has 0 bridgehead atoms. The molecule has 1 aliphatic heterocycles. The van der Waals surface area contributed by atoms with Crippen LogP contribution in [0.5, 0.6) is 0 Å². The fourth-order valence-corrected chi connectivity index (χ4v) is 5.50. The van der Waals surface area contributed by atoms with Crippen LogP contribution in [-0.2, 0) is 28.2 Å². The number of halogens is 3. The van der Waals surface area contributed by atoms with Crippen LogP contribution in [0.2, 0.25) is 0 Å². The molecule has 0 radical (unpaired) electrons. The van der Waals surface area contributed by atoms with Crippen molar-refractivity contribution >= 4 is 16.8 Å². The number of hydrogen-bond acceptors (Lipinski definition) is 4. The molecule has 3 aromatic rings. The van der Waals surface area contributed by atoms with E-state index in [1.54, 1.807) is 18.1 Å². The molecule has 9 heteroatoms. The van der Waals surface area contributed by atoms with Gasteiger partial charge in [0.25, 0.3) is 0 Å². The van der Waals surface area contributed by atoms with Gasteiger partial charge < -0.3 is 24.6 Å². The van der Waals surface area contributed by atoms with E-state index in [0.29, 0.717) is 30.6 Å². The first-order valence-corrected chi connectivity index (χ1v) is 12.8. The van der Waals surface area contributed by atoms with E-state index in [2.05, 4.69) is 5.32 Å². The van der Waals surface area contributed by atoms with Crippen molar-refractivity contribution in [3.63, 3.8) is 0 Å². The lowest BCUT2D eigenvalue weighted by Gasteiger charge is -2.42. The van der Waals surface area contributed by atoms with Crippen LogP contribution in [0.4, 0.5) is 13.2 Å². The number of aryl methyl sites for hydroxylation is 1. The van der Waals surface area contributed by atoms with Crippen molar-refractivity contribution in [2.24, 2.45) is 5.92 Å². The summed E-state index contributed by atoms with van der Waals surface area (Å²) in [4.78, 5) is 15.7. The summed E-state index contributed by atoms with van der Waals surface area (Å²) in [7, 11) is 1.64. The van der Waals surface area contributed by atoms with Crippen molar-refractivity contribution in [3.8, 4) is 0 Å². The number of benzene rings is 2. The van der Waals surface area contributed by atoms with Crippen LogP contribution in [-0.4, -0.2) is 53.3 Å². The molecule has 2 fully saturated rings. The Morgan fingerprint density at radius 3 is 2.73 bits per heavy atom. The second kappa shape index (κ2) is 10.5. The van der Waals surface area contributed by atoms with Crippen LogP contribution in [0, 0.1) is 23.4 Å².